The Bertz CT molecular complexity index is 936. The maximum Gasteiger partial charge on any atom is 0.262 e. The number of aryl methyl sites for hydroxylation is 1. The van der Waals surface area contributed by atoms with Gasteiger partial charge >= 0.3 is 0 Å². The van der Waals surface area contributed by atoms with Gasteiger partial charge in [-0.25, -0.2) is 4.98 Å². The Labute approximate surface area is 165 Å². The van der Waals surface area contributed by atoms with Crippen molar-refractivity contribution in [2.45, 2.75) is 6.92 Å². The van der Waals surface area contributed by atoms with Crippen LogP contribution in [0.1, 0.15) is 11.1 Å². The number of anilines is 1. The van der Waals surface area contributed by atoms with E-state index in [0.717, 1.165) is 26.1 Å². The van der Waals surface area contributed by atoms with Crippen LogP contribution in [-0.4, -0.2) is 22.1 Å². The molecule has 26 heavy (non-hydrogen) atoms. The molecule has 0 aliphatic carbocycles. The molecule has 3 rings (SSSR count). The number of carbonyl (C=O) groups is 1. The highest BCUT2D eigenvalue weighted by atomic mass is 127. The molecule has 0 spiro atoms. The summed E-state index contributed by atoms with van der Waals surface area (Å²) < 4.78 is 8.67. The number of benzene rings is 2. The van der Waals surface area contributed by atoms with Gasteiger partial charge in [-0.2, -0.15) is 0 Å². The van der Waals surface area contributed by atoms with Crippen molar-refractivity contribution in [1.29, 1.82) is 0 Å². The van der Waals surface area contributed by atoms with Gasteiger partial charge in [0.2, 0.25) is 0 Å². The first-order valence-electron chi connectivity index (χ1n) is 8.00. The summed E-state index contributed by atoms with van der Waals surface area (Å²) >= 11 is 2.24. The molecule has 0 bridgehead atoms. The molecule has 0 saturated carbocycles. The van der Waals surface area contributed by atoms with Crippen LogP contribution in [0.4, 0.5) is 5.69 Å². The number of nitrogens with zero attached hydrogens (tertiary/aromatic N) is 2. The lowest BCUT2D eigenvalue weighted by molar-refractivity contribution is -0.118. The molecular formula is C20H18IN3O2. The number of imidazole rings is 1. The van der Waals surface area contributed by atoms with Crippen LogP contribution < -0.4 is 10.1 Å². The smallest absolute Gasteiger partial charge is 0.262 e. The molecule has 0 atom stereocenters. The van der Waals surface area contributed by atoms with Crippen LogP contribution in [0.3, 0.4) is 0 Å². The normalized spacial score (nSPS) is 10.4. The van der Waals surface area contributed by atoms with Gasteiger partial charge in [0.1, 0.15) is 5.75 Å². The first-order chi connectivity index (χ1) is 12.5. The number of para-hydroxylation sites is 1. The fraction of sp³-hybridized carbons (Fsp3) is 0.100. The zero-order chi connectivity index (χ0) is 18.5. The number of ether oxygens (including phenoxy) is 1. The third-order valence-electron chi connectivity index (χ3n) is 3.84. The van der Waals surface area contributed by atoms with Gasteiger partial charge in [0.05, 0.1) is 12.0 Å². The first-order valence-corrected chi connectivity index (χ1v) is 9.08. The van der Waals surface area contributed by atoms with E-state index >= 15 is 0 Å². The van der Waals surface area contributed by atoms with Gasteiger partial charge in [-0.05, 0) is 65.4 Å². The molecule has 0 radical (unpaired) electrons. The summed E-state index contributed by atoms with van der Waals surface area (Å²) in [5, 5.41) is 2.88. The maximum absolute atomic E-state index is 12.3. The standard InChI is InChI=1S/C20H18IN3O2/c1-14-11-16(21)7-8-18(14)23-20(25)12-26-19-6-4-3-5-17(19)15(2)24-10-9-22-13-24/h3-11,13H,2,12H2,1H3,(H,23,25). The zero-order valence-electron chi connectivity index (χ0n) is 14.3. The Morgan fingerprint density at radius 3 is 2.85 bits per heavy atom. The van der Waals surface area contributed by atoms with Crippen LogP contribution in [0.2, 0.25) is 0 Å². The molecule has 5 nitrogen and oxygen atoms in total. The van der Waals surface area contributed by atoms with E-state index in [2.05, 4.69) is 39.5 Å². The highest BCUT2D eigenvalue weighted by molar-refractivity contribution is 14.1. The lowest BCUT2D eigenvalue weighted by Crippen LogP contribution is -2.21. The number of halogens is 1. The third kappa shape index (κ3) is 4.32. The predicted molar refractivity (Wildman–Crippen MR) is 111 cm³/mol. The Kier molecular flexibility index (Phi) is 5.72. The average Bonchev–Trinajstić information content (AvgIpc) is 3.17. The predicted octanol–water partition coefficient (Wildman–Crippen LogP) is 4.33. The minimum Gasteiger partial charge on any atom is -0.483 e. The second kappa shape index (κ2) is 8.18. The van der Waals surface area contributed by atoms with E-state index in [1.54, 1.807) is 17.1 Å². The average molecular weight is 459 g/mol. The van der Waals surface area contributed by atoms with E-state index in [0.29, 0.717) is 5.75 Å². The van der Waals surface area contributed by atoms with Crippen LogP contribution in [-0.2, 0) is 4.79 Å². The Hall–Kier alpha value is -2.61. The molecule has 0 fully saturated rings. The molecular weight excluding hydrogens is 441 g/mol. The van der Waals surface area contributed by atoms with E-state index < -0.39 is 0 Å². The van der Waals surface area contributed by atoms with Crippen molar-refractivity contribution in [1.82, 2.24) is 9.55 Å². The van der Waals surface area contributed by atoms with Crippen molar-refractivity contribution in [3.63, 3.8) is 0 Å². The molecule has 2 aromatic carbocycles. The van der Waals surface area contributed by atoms with Crippen LogP contribution in [0.15, 0.2) is 67.8 Å². The van der Waals surface area contributed by atoms with Gasteiger partial charge in [-0.1, -0.05) is 18.7 Å². The Balaban J connectivity index is 1.68. The van der Waals surface area contributed by atoms with Crippen molar-refractivity contribution < 1.29 is 9.53 Å². The van der Waals surface area contributed by atoms with Crippen LogP contribution in [0.5, 0.6) is 5.75 Å². The topological polar surface area (TPSA) is 56.1 Å². The van der Waals surface area contributed by atoms with Gasteiger partial charge in [0, 0.05) is 27.2 Å². The molecule has 0 unspecified atom stereocenters. The summed E-state index contributed by atoms with van der Waals surface area (Å²) in [5.41, 5.74) is 3.34. The van der Waals surface area contributed by atoms with E-state index in [1.165, 1.54) is 0 Å². The molecule has 132 valence electrons. The van der Waals surface area contributed by atoms with E-state index in [4.69, 9.17) is 4.74 Å². The van der Waals surface area contributed by atoms with Crippen molar-refractivity contribution in [3.05, 3.63) is 82.5 Å². The summed E-state index contributed by atoms with van der Waals surface area (Å²) in [4.78, 5) is 16.3. The SMILES string of the molecule is C=C(c1ccccc1OCC(=O)Nc1ccc(I)cc1C)n1ccnc1. The zero-order valence-corrected chi connectivity index (χ0v) is 16.4. The summed E-state index contributed by atoms with van der Waals surface area (Å²) in [6.45, 7) is 5.96. The number of hydrogen-bond acceptors (Lipinski definition) is 3. The highest BCUT2D eigenvalue weighted by Crippen LogP contribution is 2.26. The minimum absolute atomic E-state index is 0.0837. The Morgan fingerprint density at radius 2 is 2.12 bits per heavy atom. The Morgan fingerprint density at radius 1 is 1.31 bits per heavy atom. The molecule has 1 N–H and O–H groups in total. The molecule has 1 aromatic heterocycles. The molecule has 1 amide bonds. The number of rotatable bonds is 6. The number of aromatic nitrogens is 2. The van der Waals surface area contributed by atoms with Gasteiger partial charge in [-0.3, -0.25) is 4.79 Å². The maximum atomic E-state index is 12.3. The second-order valence-electron chi connectivity index (χ2n) is 5.71. The fourth-order valence-electron chi connectivity index (χ4n) is 2.49. The number of carbonyl (C=O) groups excluding carboxylic acids is 1. The van der Waals surface area contributed by atoms with Crippen LogP contribution in [0, 0.1) is 10.5 Å². The second-order valence-corrected chi connectivity index (χ2v) is 6.95. The third-order valence-corrected chi connectivity index (χ3v) is 4.51. The van der Waals surface area contributed by atoms with Crippen LogP contribution in [0.25, 0.3) is 5.70 Å². The van der Waals surface area contributed by atoms with Crippen molar-refractivity contribution in [2.75, 3.05) is 11.9 Å². The van der Waals surface area contributed by atoms with Gasteiger partial charge in [0.25, 0.3) is 5.91 Å². The lowest BCUT2D eigenvalue weighted by atomic mass is 10.1. The summed E-state index contributed by atoms with van der Waals surface area (Å²) in [7, 11) is 0. The van der Waals surface area contributed by atoms with E-state index in [1.807, 2.05) is 55.6 Å². The number of amides is 1. The van der Waals surface area contributed by atoms with Crippen molar-refractivity contribution >= 4 is 39.9 Å². The molecule has 3 aromatic rings. The van der Waals surface area contributed by atoms with Crippen molar-refractivity contribution in [3.8, 4) is 5.75 Å². The van der Waals surface area contributed by atoms with Crippen molar-refractivity contribution in [2.24, 2.45) is 0 Å². The summed E-state index contributed by atoms with van der Waals surface area (Å²) in [5.74, 6) is 0.387. The van der Waals surface area contributed by atoms with E-state index in [-0.39, 0.29) is 12.5 Å². The first kappa shape index (κ1) is 18.2. The summed E-state index contributed by atoms with van der Waals surface area (Å²) in [6.07, 6.45) is 5.17. The number of hydrogen-bond donors (Lipinski definition) is 1. The number of nitrogens with one attached hydrogen (secondary N) is 1. The molecule has 0 saturated heterocycles. The monoisotopic (exact) mass is 459 g/mol. The fourth-order valence-corrected chi connectivity index (χ4v) is 3.13. The van der Waals surface area contributed by atoms with E-state index in [9.17, 15) is 4.79 Å². The lowest BCUT2D eigenvalue weighted by Gasteiger charge is -2.14. The summed E-state index contributed by atoms with van der Waals surface area (Å²) in [6, 6.07) is 13.3. The molecule has 6 heteroatoms. The largest absolute Gasteiger partial charge is 0.483 e. The molecule has 0 aliphatic rings. The van der Waals surface area contributed by atoms with Crippen LogP contribution >= 0.6 is 22.6 Å². The molecule has 0 aliphatic heterocycles. The highest BCUT2D eigenvalue weighted by Gasteiger charge is 2.11. The minimum atomic E-state index is -0.211. The molecule has 1 heterocycles. The quantitative estimate of drug-likeness (QED) is 0.559. The van der Waals surface area contributed by atoms with Gasteiger partial charge < -0.3 is 14.6 Å². The van der Waals surface area contributed by atoms with Gasteiger partial charge in [-0.15, -0.1) is 0 Å². The van der Waals surface area contributed by atoms with Gasteiger partial charge in [0.15, 0.2) is 6.61 Å².